The van der Waals surface area contributed by atoms with Crippen molar-refractivity contribution >= 4 is 10.9 Å². The summed E-state index contributed by atoms with van der Waals surface area (Å²) in [5.41, 5.74) is 14.6. The fourth-order valence-corrected chi connectivity index (χ4v) is 5.19. The van der Waals surface area contributed by atoms with Crippen LogP contribution in [0.4, 0.5) is 0 Å². The lowest BCUT2D eigenvalue weighted by Crippen LogP contribution is -2.33. The number of benzene rings is 1. The van der Waals surface area contributed by atoms with E-state index in [0.717, 1.165) is 13.0 Å². The number of azide groups is 1. The van der Waals surface area contributed by atoms with E-state index in [4.69, 9.17) is 0 Å². The van der Waals surface area contributed by atoms with E-state index in [0.29, 0.717) is 18.3 Å². The van der Waals surface area contributed by atoms with Crippen molar-refractivity contribution in [2.24, 2.45) is 5.11 Å². The van der Waals surface area contributed by atoms with Gasteiger partial charge in [0.1, 0.15) is 5.54 Å². The van der Waals surface area contributed by atoms with E-state index in [9.17, 15) is 5.53 Å². The zero-order valence-corrected chi connectivity index (χ0v) is 16.9. The van der Waals surface area contributed by atoms with E-state index in [2.05, 4.69) is 54.6 Å². The molecule has 4 heterocycles. The Morgan fingerprint density at radius 3 is 2.93 bits per heavy atom. The summed E-state index contributed by atoms with van der Waals surface area (Å²) in [5.74, 6) is 0. The van der Waals surface area contributed by atoms with E-state index in [1.54, 1.807) is 18.6 Å². The maximum Gasteiger partial charge on any atom is 0.107 e. The fourth-order valence-electron chi connectivity index (χ4n) is 5.19. The van der Waals surface area contributed by atoms with Crippen molar-refractivity contribution < 1.29 is 0 Å². The Morgan fingerprint density at radius 1 is 1.30 bits per heavy atom. The van der Waals surface area contributed by atoms with Gasteiger partial charge in [0.25, 0.3) is 0 Å². The van der Waals surface area contributed by atoms with Crippen LogP contribution in [0, 0.1) is 6.92 Å². The third kappa shape index (κ3) is 3.15. The van der Waals surface area contributed by atoms with Gasteiger partial charge in [-0.15, -0.1) is 0 Å². The highest BCUT2D eigenvalue weighted by Gasteiger charge is 2.37. The molecule has 30 heavy (non-hydrogen) atoms. The van der Waals surface area contributed by atoms with Crippen molar-refractivity contribution in [2.45, 2.75) is 58.7 Å². The van der Waals surface area contributed by atoms with Gasteiger partial charge in [0.05, 0.1) is 5.69 Å². The van der Waals surface area contributed by atoms with Crippen molar-refractivity contribution in [3.05, 3.63) is 69.7 Å². The maximum absolute atomic E-state index is 9.30. The number of aromatic nitrogens is 3. The monoisotopic (exact) mass is 403 g/mol. The van der Waals surface area contributed by atoms with Gasteiger partial charge >= 0.3 is 0 Å². The third-order valence-corrected chi connectivity index (χ3v) is 6.55. The van der Waals surface area contributed by atoms with Crippen molar-refractivity contribution in [1.82, 2.24) is 19.4 Å². The molecule has 1 saturated heterocycles. The average molecular weight is 404 g/mol. The molecule has 7 nitrogen and oxygen atoms in total. The van der Waals surface area contributed by atoms with Crippen molar-refractivity contribution in [3.63, 3.8) is 0 Å². The highest BCUT2D eigenvalue weighted by Crippen LogP contribution is 2.44. The quantitative estimate of drug-likeness (QED) is 0.337. The molecule has 0 aliphatic carbocycles. The van der Waals surface area contributed by atoms with Gasteiger partial charge in [-0.1, -0.05) is 24.2 Å². The SMILES string of the molecule is C.Cc1ccc2c(c1)c1c(n2CC(C)(N=[N+]=[N-])c2cnccn2)CCN2CCCC12. The predicted octanol–water partition coefficient (Wildman–Crippen LogP) is 5.29. The topological polar surface area (TPSA) is 82.7 Å². The number of hydrogen-bond donors (Lipinski definition) is 0. The van der Waals surface area contributed by atoms with Crippen LogP contribution >= 0.6 is 0 Å². The van der Waals surface area contributed by atoms with Crippen molar-refractivity contribution in [3.8, 4) is 0 Å². The van der Waals surface area contributed by atoms with E-state index in [-0.39, 0.29) is 7.43 Å². The molecule has 2 aliphatic rings. The summed E-state index contributed by atoms with van der Waals surface area (Å²) in [6, 6.07) is 7.21. The Kier molecular flexibility index (Phi) is 5.26. The van der Waals surface area contributed by atoms with Gasteiger partial charge in [-0.2, -0.15) is 0 Å². The summed E-state index contributed by atoms with van der Waals surface area (Å²) in [6.45, 7) is 6.95. The third-order valence-electron chi connectivity index (χ3n) is 6.55. The van der Waals surface area contributed by atoms with E-state index in [1.165, 1.54) is 47.1 Å². The Morgan fingerprint density at radius 2 is 2.17 bits per heavy atom. The molecule has 1 aromatic carbocycles. The minimum atomic E-state index is -0.805. The first-order chi connectivity index (χ1) is 14.1. The first kappa shape index (κ1) is 20.4. The lowest BCUT2D eigenvalue weighted by atomic mass is 9.95. The second kappa shape index (κ2) is 7.74. The van der Waals surface area contributed by atoms with Gasteiger partial charge in [-0.3, -0.25) is 14.9 Å². The summed E-state index contributed by atoms with van der Waals surface area (Å²) in [7, 11) is 0. The van der Waals surface area contributed by atoms with Crippen LogP contribution in [0.25, 0.3) is 21.3 Å². The number of nitrogens with zero attached hydrogens (tertiary/aromatic N) is 7. The Hall–Kier alpha value is -2.89. The van der Waals surface area contributed by atoms with Gasteiger partial charge < -0.3 is 4.57 Å². The number of rotatable bonds is 4. The van der Waals surface area contributed by atoms with Gasteiger partial charge in [0.15, 0.2) is 0 Å². The number of aryl methyl sites for hydroxylation is 1. The molecular formula is C23H29N7. The predicted molar refractivity (Wildman–Crippen MR) is 119 cm³/mol. The molecule has 156 valence electrons. The van der Waals surface area contributed by atoms with Gasteiger partial charge in [0, 0.05) is 65.7 Å². The molecule has 2 unspecified atom stereocenters. The van der Waals surface area contributed by atoms with Gasteiger partial charge in [-0.25, -0.2) is 0 Å². The van der Waals surface area contributed by atoms with Crippen LogP contribution in [0.15, 0.2) is 41.9 Å². The smallest absolute Gasteiger partial charge is 0.107 e. The normalized spacial score (nSPS) is 20.0. The minimum absolute atomic E-state index is 0. The first-order valence-corrected chi connectivity index (χ1v) is 10.3. The van der Waals surface area contributed by atoms with Crippen LogP contribution in [-0.4, -0.2) is 32.5 Å². The van der Waals surface area contributed by atoms with Crippen molar-refractivity contribution in [1.29, 1.82) is 0 Å². The van der Waals surface area contributed by atoms with Crippen LogP contribution in [-0.2, 0) is 18.5 Å². The first-order valence-electron chi connectivity index (χ1n) is 10.3. The molecule has 0 spiro atoms. The number of fused-ring (bicyclic) bond motifs is 5. The molecule has 0 radical (unpaired) electrons. The molecule has 5 rings (SSSR count). The molecule has 3 aromatic rings. The Labute approximate surface area is 177 Å². The summed E-state index contributed by atoms with van der Waals surface area (Å²) in [6.07, 6.45) is 8.51. The second-order valence-corrected chi connectivity index (χ2v) is 8.47. The summed E-state index contributed by atoms with van der Waals surface area (Å²) in [5, 5.41) is 5.53. The molecule has 7 heteroatoms. The summed E-state index contributed by atoms with van der Waals surface area (Å²) in [4.78, 5) is 14.5. The molecule has 2 aliphatic heterocycles. The highest BCUT2D eigenvalue weighted by molar-refractivity contribution is 5.87. The van der Waals surface area contributed by atoms with Crippen LogP contribution in [0.3, 0.4) is 0 Å². The van der Waals surface area contributed by atoms with Crippen LogP contribution in [0.5, 0.6) is 0 Å². The largest absolute Gasteiger partial charge is 0.343 e. The highest BCUT2D eigenvalue weighted by atomic mass is 15.2. The molecule has 0 N–H and O–H groups in total. The van der Waals surface area contributed by atoms with Crippen molar-refractivity contribution in [2.75, 3.05) is 13.1 Å². The molecular weight excluding hydrogens is 374 g/mol. The lowest BCUT2D eigenvalue weighted by molar-refractivity contribution is 0.240. The number of hydrogen-bond acceptors (Lipinski definition) is 4. The fraction of sp³-hybridized carbons (Fsp3) is 0.478. The zero-order chi connectivity index (χ0) is 20.0. The lowest BCUT2D eigenvalue weighted by Gasteiger charge is -2.32. The molecule has 2 atom stereocenters. The minimum Gasteiger partial charge on any atom is -0.343 e. The van der Waals surface area contributed by atoms with Gasteiger partial charge in [-0.05, 0) is 56.5 Å². The Bertz CT molecular complexity index is 1110. The van der Waals surface area contributed by atoms with Crippen LogP contribution in [0.1, 0.15) is 55.7 Å². The van der Waals surface area contributed by atoms with E-state index in [1.807, 2.05) is 6.92 Å². The maximum atomic E-state index is 9.30. The molecule has 0 bridgehead atoms. The van der Waals surface area contributed by atoms with E-state index >= 15 is 0 Å². The van der Waals surface area contributed by atoms with Gasteiger partial charge in [0.2, 0.25) is 0 Å². The molecule has 1 fully saturated rings. The standard InChI is InChI=1S/C22H25N7.CH4/c1-15-5-6-17-16(12-15)21-18-4-3-10-28(18)11-7-19(21)29(17)14-22(2,26-27-23)20-13-24-8-9-25-20;/h5-6,8-9,12-13,18H,3-4,7,10-11,14H2,1-2H3;1H4. The molecule has 0 saturated carbocycles. The summed E-state index contributed by atoms with van der Waals surface area (Å²) < 4.78 is 2.38. The molecule has 2 aromatic heterocycles. The second-order valence-electron chi connectivity index (χ2n) is 8.47. The average Bonchev–Trinajstić information content (AvgIpc) is 3.31. The zero-order valence-electron chi connectivity index (χ0n) is 16.9. The van der Waals surface area contributed by atoms with E-state index < -0.39 is 5.54 Å². The Balaban J connectivity index is 0.00000218. The molecule has 0 amide bonds. The summed E-state index contributed by atoms with van der Waals surface area (Å²) >= 11 is 0. The van der Waals surface area contributed by atoms with Crippen LogP contribution in [0.2, 0.25) is 0 Å². The van der Waals surface area contributed by atoms with Crippen LogP contribution < -0.4 is 0 Å².